The summed E-state index contributed by atoms with van der Waals surface area (Å²) in [5, 5.41) is 6.13. The highest BCUT2D eigenvalue weighted by atomic mass is 16.6. The third-order valence-electron chi connectivity index (χ3n) is 4.52. The molecular formula is C19H25N7O5. The molecule has 0 fully saturated rings. The van der Waals surface area contributed by atoms with E-state index in [1.807, 2.05) is 30.3 Å². The maximum absolute atomic E-state index is 12.4. The second-order valence-corrected chi connectivity index (χ2v) is 6.99. The van der Waals surface area contributed by atoms with Gasteiger partial charge in [0, 0.05) is 19.5 Å². The number of nitrogens with one attached hydrogen (secondary N) is 5. The van der Waals surface area contributed by atoms with Crippen LogP contribution < -0.4 is 32.8 Å². The van der Waals surface area contributed by atoms with E-state index >= 15 is 0 Å². The van der Waals surface area contributed by atoms with E-state index in [2.05, 4.69) is 31.5 Å². The first-order chi connectivity index (χ1) is 14.7. The summed E-state index contributed by atoms with van der Waals surface area (Å²) in [6, 6.07) is 8.54. The Balaban J connectivity index is 1.94. The Morgan fingerprint density at radius 3 is 2.45 bits per heavy atom. The number of aromatic nitrogens is 2. The lowest BCUT2D eigenvalue weighted by Gasteiger charge is -2.40. The van der Waals surface area contributed by atoms with Crippen molar-refractivity contribution in [2.45, 2.75) is 45.2 Å². The zero-order valence-electron chi connectivity index (χ0n) is 17.3. The molecule has 1 aromatic heterocycles. The van der Waals surface area contributed by atoms with Gasteiger partial charge in [-0.25, -0.2) is 5.43 Å². The van der Waals surface area contributed by atoms with Gasteiger partial charge in [0.2, 0.25) is 5.95 Å². The van der Waals surface area contributed by atoms with Crippen LogP contribution in [0, 0.1) is 0 Å². The summed E-state index contributed by atoms with van der Waals surface area (Å²) in [6.07, 6.45) is -2.43. The molecule has 1 aromatic carbocycles. The number of benzene rings is 1. The Morgan fingerprint density at radius 1 is 1.13 bits per heavy atom. The molecule has 4 atom stereocenters. The Morgan fingerprint density at radius 2 is 1.81 bits per heavy atom. The Labute approximate surface area is 177 Å². The molecule has 2 aromatic rings. The monoisotopic (exact) mass is 431 g/mol. The molecule has 2 heterocycles. The summed E-state index contributed by atoms with van der Waals surface area (Å²) in [4.78, 5) is 42.2. The van der Waals surface area contributed by atoms with Crippen LogP contribution in [0.4, 0.5) is 23.1 Å². The van der Waals surface area contributed by atoms with Gasteiger partial charge in [-0.1, -0.05) is 18.2 Å². The standard InChI is InChI=1S/C19H25N7O5/c1-9(30-10(2)27)15(31-11(3)28)13-17(26-25-12-7-5-4-6-8-12)22-16-14(21-13)18(29)24-19(20)23-16/h4-9,13,15,17,21,25-26H,1-3H3,(H4,20,22,23,24,29)/t9-,13?,15-,17?/m0/s1. The summed E-state index contributed by atoms with van der Waals surface area (Å²) >= 11 is 0. The topological polar surface area (TPSA) is 172 Å². The average Bonchev–Trinajstić information content (AvgIpc) is 2.70. The van der Waals surface area contributed by atoms with Crippen LogP contribution in [0.3, 0.4) is 0 Å². The Bertz CT molecular complexity index is 997. The number of para-hydroxylation sites is 1. The predicted octanol–water partition coefficient (Wildman–Crippen LogP) is 0.384. The number of nitrogen functional groups attached to an aromatic ring is 1. The summed E-state index contributed by atoms with van der Waals surface area (Å²) in [7, 11) is 0. The molecule has 0 aliphatic carbocycles. The number of ether oxygens (including phenoxy) is 2. The third kappa shape index (κ3) is 5.42. The van der Waals surface area contributed by atoms with E-state index in [1.165, 1.54) is 13.8 Å². The number of hydrazine groups is 1. The molecule has 31 heavy (non-hydrogen) atoms. The SMILES string of the molecule is CC(=O)O[C@@H](C)[C@H](OC(C)=O)C1Nc2c(nc(N)[nH]c2=O)NC1NNc1ccccc1. The van der Waals surface area contributed by atoms with Crippen molar-refractivity contribution in [2.24, 2.45) is 0 Å². The first-order valence-corrected chi connectivity index (χ1v) is 9.58. The number of esters is 2. The summed E-state index contributed by atoms with van der Waals surface area (Å²) in [6.45, 7) is 4.10. The first kappa shape index (κ1) is 21.9. The first-order valence-electron chi connectivity index (χ1n) is 9.58. The van der Waals surface area contributed by atoms with Gasteiger partial charge in [0.15, 0.2) is 11.9 Å². The number of anilines is 4. The molecule has 0 saturated carbocycles. The minimum atomic E-state index is -0.950. The molecule has 0 radical (unpaired) electrons. The van der Waals surface area contributed by atoms with Crippen molar-refractivity contribution in [1.82, 2.24) is 15.4 Å². The van der Waals surface area contributed by atoms with Gasteiger partial charge in [-0.3, -0.25) is 19.4 Å². The largest absolute Gasteiger partial charge is 0.459 e. The van der Waals surface area contributed by atoms with E-state index in [-0.39, 0.29) is 17.5 Å². The van der Waals surface area contributed by atoms with Gasteiger partial charge in [-0.15, -0.1) is 0 Å². The van der Waals surface area contributed by atoms with Crippen LogP contribution in [0.1, 0.15) is 20.8 Å². The number of rotatable bonds is 7. The van der Waals surface area contributed by atoms with Crippen LogP contribution in [0.2, 0.25) is 0 Å². The van der Waals surface area contributed by atoms with Crippen molar-refractivity contribution in [1.29, 1.82) is 0 Å². The lowest BCUT2D eigenvalue weighted by atomic mass is 10.0. The van der Waals surface area contributed by atoms with Gasteiger partial charge < -0.3 is 31.3 Å². The van der Waals surface area contributed by atoms with Crippen LogP contribution in [-0.4, -0.2) is 46.3 Å². The Hall–Kier alpha value is -3.80. The maximum atomic E-state index is 12.4. The highest BCUT2D eigenvalue weighted by molar-refractivity contribution is 5.70. The minimum Gasteiger partial charge on any atom is -0.459 e. The second-order valence-electron chi connectivity index (χ2n) is 6.99. The van der Waals surface area contributed by atoms with Gasteiger partial charge in [0.25, 0.3) is 5.56 Å². The molecule has 7 N–H and O–H groups in total. The molecule has 0 bridgehead atoms. The molecule has 2 unspecified atom stereocenters. The van der Waals surface area contributed by atoms with Crippen LogP contribution in [0.15, 0.2) is 35.1 Å². The number of aromatic amines is 1. The van der Waals surface area contributed by atoms with Crippen molar-refractivity contribution >= 4 is 35.1 Å². The molecule has 3 rings (SSSR count). The third-order valence-corrected chi connectivity index (χ3v) is 4.52. The number of carbonyl (C=O) groups excluding carboxylic acids is 2. The van der Waals surface area contributed by atoms with Crippen LogP contribution in [-0.2, 0) is 19.1 Å². The van der Waals surface area contributed by atoms with Crippen molar-refractivity contribution in [3.8, 4) is 0 Å². The van der Waals surface area contributed by atoms with E-state index in [1.54, 1.807) is 6.92 Å². The van der Waals surface area contributed by atoms with Gasteiger partial charge in [0.1, 0.15) is 24.0 Å². The summed E-state index contributed by atoms with van der Waals surface area (Å²) < 4.78 is 10.7. The van der Waals surface area contributed by atoms with E-state index in [0.29, 0.717) is 0 Å². The fourth-order valence-electron chi connectivity index (χ4n) is 3.28. The number of nitrogens with zero attached hydrogens (tertiary/aromatic N) is 1. The van der Waals surface area contributed by atoms with Gasteiger partial charge in [-0.05, 0) is 19.1 Å². The number of hydrogen-bond donors (Lipinski definition) is 6. The molecular weight excluding hydrogens is 406 g/mol. The van der Waals surface area contributed by atoms with E-state index in [0.717, 1.165) is 5.69 Å². The van der Waals surface area contributed by atoms with Gasteiger partial charge in [0.05, 0.1) is 0 Å². The number of nitrogens with two attached hydrogens (primary N) is 1. The zero-order valence-corrected chi connectivity index (χ0v) is 17.3. The lowest BCUT2D eigenvalue weighted by molar-refractivity contribution is -0.165. The Kier molecular flexibility index (Phi) is 6.60. The number of H-pyrrole nitrogens is 1. The fourth-order valence-corrected chi connectivity index (χ4v) is 3.28. The van der Waals surface area contributed by atoms with Crippen molar-refractivity contribution in [2.75, 3.05) is 21.8 Å². The second kappa shape index (κ2) is 9.34. The minimum absolute atomic E-state index is 0.0592. The highest BCUT2D eigenvalue weighted by Crippen LogP contribution is 2.27. The normalized spacial score (nSPS) is 19.1. The van der Waals surface area contributed by atoms with Crippen LogP contribution in [0.25, 0.3) is 0 Å². The summed E-state index contributed by atoms with van der Waals surface area (Å²) in [5.41, 5.74) is 12.2. The number of hydrogen-bond acceptors (Lipinski definition) is 11. The summed E-state index contributed by atoms with van der Waals surface area (Å²) in [5.74, 6) is -0.952. The lowest BCUT2D eigenvalue weighted by Crippen LogP contribution is -2.62. The van der Waals surface area contributed by atoms with Crippen LogP contribution >= 0.6 is 0 Å². The van der Waals surface area contributed by atoms with E-state index in [4.69, 9.17) is 15.2 Å². The quantitative estimate of drug-likeness (QED) is 0.264. The van der Waals surface area contributed by atoms with Crippen LogP contribution in [0.5, 0.6) is 0 Å². The van der Waals surface area contributed by atoms with E-state index < -0.39 is 41.9 Å². The highest BCUT2D eigenvalue weighted by Gasteiger charge is 2.41. The van der Waals surface area contributed by atoms with Gasteiger partial charge in [-0.2, -0.15) is 4.98 Å². The maximum Gasteiger partial charge on any atom is 0.303 e. The molecule has 0 amide bonds. The van der Waals surface area contributed by atoms with Crippen molar-refractivity contribution < 1.29 is 19.1 Å². The molecule has 0 spiro atoms. The molecule has 1 aliphatic heterocycles. The van der Waals surface area contributed by atoms with Crippen molar-refractivity contribution in [3.63, 3.8) is 0 Å². The smallest absolute Gasteiger partial charge is 0.303 e. The molecule has 1 aliphatic rings. The fraction of sp³-hybridized carbons (Fsp3) is 0.368. The number of carbonyl (C=O) groups is 2. The van der Waals surface area contributed by atoms with E-state index in [9.17, 15) is 14.4 Å². The van der Waals surface area contributed by atoms with Gasteiger partial charge >= 0.3 is 11.9 Å². The molecule has 12 heteroatoms. The molecule has 0 saturated heterocycles. The zero-order chi connectivity index (χ0) is 22.5. The predicted molar refractivity (Wildman–Crippen MR) is 114 cm³/mol. The molecule has 12 nitrogen and oxygen atoms in total. The van der Waals surface area contributed by atoms with Crippen molar-refractivity contribution in [3.05, 3.63) is 40.7 Å². The molecule has 166 valence electrons. The number of fused-ring (bicyclic) bond motifs is 1. The average molecular weight is 431 g/mol.